The second-order valence-electron chi connectivity index (χ2n) is 5.21. The van der Waals surface area contributed by atoms with Crippen LogP contribution >= 0.6 is 11.6 Å². The lowest BCUT2D eigenvalue weighted by Crippen LogP contribution is -2.46. The van der Waals surface area contributed by atoms with Crippen LogP contribution in [0.2, 0.25) is 5.02 Å². The van der Waals surface area contributed by atoms with Crippen molar-refractivity contribution in [2.75, 3.05) is 18.8 Å². The number of nitrogens with zero attached hydrogens (tertiary/aromatic N) is 1. The topological polar surface area (TPSA) is 86.7 Å². The molecule has 0 saturated carbocycles. The number of phenols is 1. The highest BCUT2D eigenvalue weighted by atomic mass is 35.5. The summed E-state index contributed by atoms with van der Waals surface area (Å²) in [6.45, 7) is 2.45. The predicted molar refractivity (Wildman–Crippen MR) is 84.6 cm³/mol. The van der Waals surface area contributed by atoms with Gasteiger partial charge in [0, 0.05) is 24.7 Å². The van der Waals surface area contributed by atoms with Crippen molar-refractivity contribution in [1.82, 2.24) is 9.62 Å². The summed E-state index contributed by atoms with van der Waals surface area (Å²) in [4.78, 5) is 12.1. The van der Waals surface area contributed by atoms with E-state index in [0.717, 1.165) is 0 Å². The molecule has 1 amide bonds. The molecule has 1 aromatic carbocycles. The van der Waals surface area contributed by atoms with Gasteiger partial charge in [-0.3, -0.25) is 4.79 Å². The first-order chi connectivity index (χ1) is 10.3. The van der Waals surface area contributed by atoms with E-state index >= 15 is 0 Å². The fourth-order valence-corrected chi connectivity index (χ4v) is 3.69. The number of sulfonamides is 1. The van der Waals surface area contributed by atoms with E-state index in [9.17, 15) is 18.3 Å². The zero-order chi connectivity index (χ0) is 16.3. The van der Waals surface area contributed by atoms with Gasteiger partial charge in [-0.25, -0.2) is 12.7 Å². The van der Waals surface area contributed by atoms with Crippen molar-refractivity contribution in [2.45, 2.75) is 25.8 Å². The molecule has 122 valence electrons. The minimum absolute atomic E-state index is 0.0663. The first kappa shape index (κ1) is 17.1. The Labute approximate surface area is 135 Å². The summed E-state index contributed by atoms with van der Waals surface area (Å²) in [5.74, 6) is -0.259. The molecule has 1 heterocycles. The second kappa shape index (κ2) is 6.85. The van der Waals surface area contributed by atoms with E-state index in [1.165, 1.54) is 22.5 Å². The third kappa shape index (κ3) is 3.91. The van der Waals surface area contributed by atoms with E-state index < -0.39 is 10.0 Å². The number of carbonyl (C=O) groups is 1. The molecule has 0 aliphatic carbocycles. The molecule has 0 spiro atoms. The van der Waals surface area contributed by atoms with Crippen LogP contribution in [0.25, 0.3) is 0 Å². The first-order valence-corrected chi connectivity index (χ1v) is 9.09. The highest BCUT2D eigenvalue weighted by molar-refractivity contribution is 7.89. The zero-order valence-corrected chi connectivity index (χ0v) is 13.8. The predicted octanol–water partition coefficient (Wildman–Crippen LogP) is 1.59. The van der Waals surface area contributed by atoms with Crippen LogP contribution in [0.1, 0.15) is 30.1 Å². The van der Waals surface area contributed by atoms with Crippen LogP contribution in [-0.2, 0) is 10.0 Å². The molecular weight excluding hydrogens is 328 g/mol. The number of nitrogens with one attached hydrogen (secondary N) is 1. The van der Waals surface area contributed by atoms with E-state index in [0.29, 0.717) is 31.5 Å². The van der Waals surface area contributed by atoms with Crippen LogP contribution in [0.5, 0.6) is 5.75 Å². The molecule has 0 unspecified atom stereocenters. The molecule has 0 radical (unpaired) electrons. The summed E-state index contributed by atoms with van der Waals surface area (Å²) < 4.78 is 25.0. The van der Waals surface area contributed by atoms with Crippen molar-refractivity contribution >= 4 is 27.5 Å². The van der Waals surface area contributed by atoms with Crippen LogP contribution < -0.4 is 5.32 Å². The zero-order valence-electron chi connectivity index (χ0n) is 12.3. The van der Waals surface area contributed by atoms with Gasteiger partial charge in [-0.15, -0.1) is 0 Å². The Morgan fingerprint density at radius 3 is 2.59 bits per heavy atom. The number of amides is 1. The number of aromatic hydroxyl groups is 1. The molecule has 0 aromatic heterocycles. The summed E-state index contributed by atoms with van der Waals surface area (Å²) in [6, 6.07) is 4.20. The van der Waals surface area contributed by atoms with Gasteiger partial charge < -0.3 is 10.4 Å². The first-order valence-electron chi connectivity index (χ1n) is 7.10. The summed E-state index contributed by atoms with van der Waals surface area (Å²) in [6.07, 6.45) is 1.16. The third-order valence-electron chi connectivity index (χ3n) is 3.76. The maximum atomic E-state index is 12.1. The monoisotopic (exact) mass is 346 g/mol. The SMILES string of the molecule is CCS(=O)(=O)N1CCC(NC(=O)c2ccc(O)c(Cl)c2)CC1. The van der Waals surface area contributed by atoms with Gasteiger partial charge in [-0.1, -0.05) is 11.6 Å². The number of benzene rings is 1. The van der Waals surface area contributed by atoms with E-state index in [2.05, 4.69) is 5.32 Å². The van der Waals surface area contributed by atoms with Crippen LogP contribution in [0.3, 0.4) is 0 Å². The summed E-state index contributed by atoms with van der Waals surface area (Å²) in [5.41, 5.74) is 0.367. The Balaban J connectivity index is 1.93. The van der Waals surface area contributed by atoms with Crippen molar-refractivity contribution in [3.63, 3.8) is 0 Å². The number of hydrogen-bond acceptors (Lipinski definition) is 4. The summed E-state index contributed by atoms with van der Waals surface area (Å²) in [5, 5.41) is 12.3. The average molecular weight is 347 g/mol. The Kier molecular flexibility index (Phi) is 5.31. The molecule has 0 bridgehead atoms. The molecular formula is C14H19ClN2O4S. The summed E-state index contributed by atoms with van der Waals surface area (Å²) in [7, 11) is -3.16. The number of rotatable bonds is 4. The molecule has 2 N–H and O–H groups in total. The van der Waals surface area contributed by atoms with E-state index in [-0.39, 0.29) is 28.5 Å². The summed E-state index contributed by atoms with van der Waals surface area (Å²) >= 11 is 5.78. The van der Waals surface area contributed by atoms with Gasteiger partial charge in [0.2, 0.25) is 10.0 Å². The van der Waals surface area contributed by atoms with Crippen LogP contribution in [0.15, 0.2) is 18.2 Å². The number of phenolic OH excluding ortho intramolecular Hbond substituents is 1. The van der Waals surface area contributed by atoms with Crippen LogP contribution in [0.4, 0.5) is 0 Å². The van der Waals surface area contributed by atoms with Crippen LogP contribution in [0, 0.1) is 0 Å². The minimum Gasteiger partial charge on any atom is -0.506 e. The standard InChI is InChI=1S/C14H19ClN2O4S/c1-2-22(20,21)17-7-5-11(6-8-17)16-14(19)10-3-4-13(18)12(15)9-10/h3-4,9,11,18H,2,5-8H2,1H3,(H,16,19). The lowest BCUT2D eigenvalue weighted by atomic mass is 10.1. The maximum Gasteiger partial charge on any atom is 0.251 e. The van der Waals surface area contributed by atoms with Gasteiger partial charge >= 0.3 is 0 Å². The smallest absolute Gasteiger partial charge is 0.251 e. The second-order valence-corrected chi connectivity index (χ2v) is 7.88. The highest BCUT2D eigenvalue weighted by Crippen LogP contribution is 2.24. The number of piperidine rings is 1. The largest absolute Gasteiger partial charge is 0.506 e. The Morgan fingerprint density at radius 1 is 1.41 bits per heavy atom. The molecule has 1 aliphatic heterocycles. The fraction of sp³-hybridized carbons (Fsp3) is 0.500. The van der Waals surface area contributed by atoms with Gasteiger partial charge in [-0.05, 0) is 38.0 Å². The van der Waals surface area contributed by atoms with Crippen LogP contribution in [-0.4, -0.2) is 48.6 Å². The molecule has 6 nitrogen and oxygen atoms in total. The number of hydrogen-bond donors (Lipinski definition) is 2. The molecule has 1 fully saturated rings. The van der Waals surface area contributed by atoms with Gasteiger partial charge in [-0.2, -0.15) is 0 Å². The Bertz CT molecular complexity index is 655. The van der Waals surface area contributed by atoms with Crippen molar-refractivity contribution in [2.24, 2.45) is 0 Å². The molecule has 1 aromatic rings. The quantitative estimate of drug-likeness (QED) is 0.866. The molecule has 2 rings (SSSR count). The molecule has 1 saturated heterocycles. The van der Waals surface area contributed by atoms with Crippen molar-refractivity contribution < 1.29 is 18.3 Å². The van der Waals surface area contributed by atoms with Gasteiger partial charge in [0.1, 0.15) is 5.75 Å². The maximum absolute atomic E-state index is 12.1. The lowest BCUT2D eigenvalue weighted by molar-refractivity contribution is 0.0924. The van der Waals surface area contributed by atoms with Gasteiger partial charge in [0.15, 0.2) is 0 Å². The van der Waals surface area contributed by atoms with Gasteiger partial charge in [0.25, 0.3) is 5.91 Å². The Hall–Kier alpha value is -1.31. The minimum atomic E-state index is -3.16. The van der Waals surface area contributed by atoms with Crippen molar-refractivity contribution in [3.8, 4) is 5.75 Å². The molecule has 1 aliphatic rings. The molecule has 22 heavy (non-hydrogen) atoms. The van der Waals surface area contributed by atoms with Crippen molar-refractivity contribution in [1.29, 1.82) is 0 Å². The normalized spacial score (nSPS) is 17.4. The fourth-order valence-electron chi connectivity index (χ4n) is 2.38. The number of carbonyl (C=O) groups excluding carboxylic acids is 1. The average Bonchev–Trinajstić information content (AvgIpc) is 2.50. The van der Waals surface area contributed by atoms with E-state index in [1.807, 2.05) is 0 Å². The molecule has 8 heteroatoms. The van der Waals surface area contributed by atoms with E-state index in [4.69, 9.17) is 11.6 Å². The van der Waals surface area contributed by atoms with Gasteiger partial charge in [0.05, 0.1) is 10.8 Å². The Morgan fingerprint density at radius 2 is 2.05 bits per heavy atom. The van der Waals surface area contributed by atoms with E-state index in [1.54, 1.807) is 6.92 Å². The highest BCUT2D eigenvalue weighted by Gasteiger charge is 2.27. The molecule has 0 atom stereocenters. The third-order valence-corrected chi connectivity index (χ3v) is 5.94. The van der Waals surface area contributed by atoms with Crippen molar-refractivity contribution in [3.05, 3.63) is 28.8 Å². The lowest BCUT2D eigenvalue weighted by Gasteiger charge is -2.31. The number of halogens is 1.